The number of carbonyl (C=O) groups excluding carboxylic acids is 1. The Hall–Kier alpha value is -2.46. The van der Waals surface area contributed by atoms with Crippen LogP contribution in [0.2, 0.25) is 0 Å². The molecule has 1 aromatic carbocycles. The summed E-state index contributed by atoms with van der Waals surface area (Å²) in [5.74, 6) is 0.151. The lowest BCUT2D eigenvalue weighted by atomic mass is 9.90. The van der Waals surface area contributed by atoms with Crippen molar-refractivity contribution < 1.29 is 9.53 Å². The van der Waals surface area contributed by atoms with E-state index in [2.05, 4.69) is 29.2 Å². The van der Waals surface area contributed by atoms with Crippen molar-refractivity contribution in [3.63, 3.8) is 0 Å². The minimum atomic E-state index is -0.869. The molecule has 2 aliphatic rings. The van der Waals surface area contributed by atoms with Gasteiger partial charge in [0.25, 0.3) is 0 Å². The molecule has 1 atom stereocenters. The second-order valence-electron chi connectivity index (χ2n) is 7.53. The van der Waals surface area contributed by atoms with Crippen molar-refractivity contribution in [2.24, 2.45) is 5.73 Å². The lowest BCUT2D eigenvalue weighted by molar-refractivity contribution is -0.132. The highest BCUT2D eigenvalue weighted by Crippen LogP contribution is 2.29. The summed E-state index contributed by atoms with van der Waals surface area (Å²) in [6.07, 6.45) is 7.81. The molecule has 1 unspecified atom stereocenters. The fourth-order valence-electron chi connectivity index (χ4n) is 3.73. The molecule has 0 bridgehead atoms. The second-order valence-corrected chi connectivity index (χ2v) is 7.53. The molecule has 6 nitrogen and oxygen atoms in total. The van der Waals surface area contributed by atoms with Crippen molar-refractivity contribution >= 4 is 11.5 Å². The number of hydrogen-bond donors (Lipinski definition) is 1. The Balaban J connectivity index is 1.39. The van der Waals surface area contributed by atoms with Crippen molar-refractivity contribution in [3.8, 4) is 6.07 Å². The van der Waals surface area contributed by atoms with E-state index in [1.165, 1.54) is 0 Å². The number of hydrogen-bond acceptors (Lipinski definition) is 5. The molecule has 0 saturated carbocycles. The maximum absolute atomic E-state index is 11.9. The molecule has 154 valence electrons. The number of rotatable bonds is 8. The van der Waals surface area contributed by atoms with Gasteiger partial charge in [0.2, 0.25) is 5.91 Å². The van der Waals surface area contributed by atoms with Gasteiger partial charge in [0.1, 0.15) is 6.07 Å². The van der Waals surface area contributed by atoms with Gasteiger partial charge in [0, 0.05) is 52.1 Å². The molecule has 1 aliphatic heterocycles. The number of carbonyl (C=O) groups is 1. The normalized spacial score (nSPS) is 22.2. The Morgan fingerprint density at radius 1 is 1.21 bits per heavy atom. The highest BCUT2D eigenvalue weighted by Gasteiger charge is 2.29. The van der Waals surface area contributed by atoms with Gasteiger partial charge in [-0.25, -0.2) is 0 Å². The molecule has 6 heteroatoms. The Bertz CT molecular complexity index is 776. The molecular formula is C23H30N4O2. The third kappa shape index (κ3) is 5.77. The minimum absolute atomic E-state index is 0.151. The summed E-state index contributed by atoms with van der Waals surface area (Å²) in [7, 11) is 0. The fraction of sp³-hybridized carbons (Fsp3) is 0.478. The molecule has 1 amide bonds. The van der Waals surface area contributed by atoms with Gasteiger partial charge in [-0.1, -0.05) is 42.5 Å². The van der Waals surface area contributed by atoms with E-state index >= 15 is 0 Å². The first-order valence-corrected chi connectivity index (χ1v) is 10.4. The minimum Gasteiger partial charge on any atom is -0.356 e. The smallest absolute Gasteiger partial charge is 0.223 e. The standard InChI is InChI=1S/C23H30N4O2/c24-12-9-22(28)27-16-14-26(15-17-27)13-4-18-29-23(19-25)10-7-21(8-11-23)20-5-2-1-3-6-20/h1-3,5-8,10H,4,9,11-18,24H2. The van der Waals surface area contributed by atoms with Crippen LogP contribution in [0.15, 0.2) is 48.6 Å². The van der Waals surface area contributed by atoms with E-state index in [1.807, 2.05) is 35.3 Å². The monoisotopic (exact) mass is 394 g/mol. The van der Waals surface area contributed by atoms with Crippen molar-refractivity contribution in [2.75, 3.05) is 45.9 Å². The maximum Gasteiger partial charge on any atom is 0.223 e. The van der Waals surface area contributed by atoms with Crippen LogP contribution in [0.3, 0.4) is 0 Å². The van der Waals surface area contributed by atoms with Gasteiger partial charge in [-0.05, 0) is 23.6 Å². The van der Waals surface area contributed by atoms with Crippen LogP contribution in [0, 0.1) is 11.3 Å². The van der Waals surface area contributed by atoms with Crippen LogP contribution in [0.4, 0.5) is 0 Å². The molecule has 1 aromatic rings. The summed E-state index contributed by atoms with van der Waals surface area (Å²) >= 11 is 0. The van der Waals surface area contributed by atoms with Gasteiger partial charge in [-0.3, -0.25) is 9.69 Å². The van der Waals surface area contributed by atoms with Crippen molar-refractivity contribution in [2.45, 2.75) is 24.9 Å². The highest BCUT2D eigenvalue weighted by molar-refractivity contribution is 5.76. The van der Waals surface area contributed by atoms with Crippen LogP contribution >= 0.6 is 0 Å². The summed E-state index contributed by atoms with van der Waals surface area (Å²) in [6.45, 7) is 5.14. The summed E-state index contributed by atoms with van der Waals surface area (Å²) in [6, 6.07) is 12.5. The fourth-order valence-corrected chi connectivity index (χ4v) is 3.73. The first-order chi connectivity index (χ1) is 14.2. The Morgan fingerprint density at radius 3 is 2.59 bits per heavy atom. The van der Waals surface area contributed by atoms with E-state index in [0.717, 1.165) is 50.3 Å². The Labute approximate surface area is 173 Å². The van der Waals surface area contributed by atoms with E-state index < -0.39 is 5.60 Å². The topological polar surface area (TPSA) is 82.6 Å². The number of nitrogens with two attached hydrogens (primary N) is 1. The number of nitriles is 1. The lowest BCUT2D eigenvalue weighted by Gasteiger charge is -2.35. The molecule has 1 aliphatic carbocycles. The van der Waals surface area contributed by atoms with Crippen molar-refractivity contribution in [1.82, 2.24) is 9.80 Å². The maximum atomic E-state index is 11.9. The Morgan fingerprint density at radius 2 is 1.97 bits per heavy atom. The quantitative estimate of drug-likeness (QED) is 0.684. The van der Waals surface area contributed by atoms with Gasteiger partial charge in [-0.15, -0.1) is 0 Å². The molecule has 1 heterocycles. The van der Waals surface area contributed by atoms with Crippen LogP contribution in [-0.2, 0) is 9.53 Å². The van der Waals surface area contributed by atoms with Gasteiger partial charge < -0.3 is 15.4 Å². The molecule has 3 rings (SSSR count). The van der Waals surface area contributed by atoms with E-state index in [0.29, 0.717) is 26.0 Å². The molecule has 0 aromatic heterocycles. The van der Waals surface area contributed by atoms with E-state index in [4.69, 9.17) is 10.5 Å². The molecule has 1 fully saturated rings. The second kappa shape index (κ2) is 10.4. The van der Waals surface area contributed by atoms with Crippen molar-refractivity contribution in [3.05, 3.63) is 54.1 Å². The first kappa shape index (κ1) is 21.3. The summed E-state index contributed by atoms with van der Waals surface area (Å²) < 4.78 is 5.99. The number of piperazine rings is 1. The van der Waals surface area contributed by atoms with Crippen LogP contribution in [0.1, 0.15) is 24.8 Å². The number of benzene rings is 1. The molecule has 1 saturated heterocycles. The number of amides is 1. The predicted octanol–water partition coefficient (Wildman–Crippen LogP) is 2.19. The summed E-state index contributed by atoms with van der Waals surface area (Å²) in [5.41, 5.74) is 6.87. The zero-order chi connectivity index (χ0) is 20.5. The van der Waals surface area contributed by atoms with E-state index in [-0.39, 0.29) is 5.91 Å². The van der Waals surface area contributed by atoms with E-state index in [9.17, 15) is 10.1 Å². The van der Waals surface area contributed by atoms with Gasteiger partial charge >= 0.3 is 0 Å². The zero-order valence-electron chi connectivity index (χ0n) is 16.9. The third-order valence-electron chi connectivity index (χ3n) is 5.52. The third-order valence-corrected chi connectivity index (χ3v) is 5.52. The van der Waals surface area contributed by atoms with Crippen LogP contribution in [0.25, 0.3) is 5.57 Å². The first-order valence-electron chi connectivity index (χ1n) is 10.4. The SMILES string of the molecule is N#CC1(OCCCN2CCN(C(=O)CCN)CC2)C=CC(c2ccccc2)=CC1. The summed E-state index contributed by atoms with van der Waals surface area (Å²) in [4.78, 5) is 16.1. The number of allylic oxidation sites excluding steroid dienone is 2. The van der Waals surface area contributed by atoms with Gasteiger partial charge in [0.05, 0.1) is 6.61 Å². The largest absolute Gasteiger partial charge is 0.356 e. The van der Waals surface area contributed by atoms with Gasteiger partial charge in [-0.2, -0.15) is 5.26 Å². The van der Waals surface area contributed by atoms with E-state index in [1.54, 1.807) is 0 Å². The van der Waals surface area contributed by atoms with Crippen LogP contribution in [0.5, 0.6) is 0 Å². The van der Waals surface area contributed by atoms with Crippen LogP contribution in [-0.4, -0.2) is 67.2 Å². The Kier molecular flexibility index (Phi) is 7.59. The van der Waals surface area contributed by atoms with Crippen LogP contribution < -0.4 is 5.73 Å². The highest BCUT2D eigenvalue weighted by atomic mass is 16.5. The molecule has 0 spiro atoms. The molecule has 0 radical (unpaired) electrons. The molecular weight excluding hydrogens is 364 g/mol. The predicted molar refractivity (Wildman–Crippen MR) is 114 cm³/mol. The zero-order valence-corrected chi connectivity index (χ0v) is 16.9. The van der Waals surface area contributed by atoms with Gasteiger partial charge in [0.15, 0.2) is 5.60 Å². The molecule has 29 heavy (non-hydrogen) atoms. The number of ether oxygens (including phenoxy) is 1. The van der Waals surface area contributed by atoms with Crippen molar-refractivity contribution in [1.29, 1.82) is 5.26 Å². The lowest BCUT2D eigenvalue weighted by Crippen LogP contribution is -2.49. The number of nitrogens with zero attached hydrogens (tertiary/aromatic N) is 3. The average Bonchev–Trinajstić information content (AvgIpc) is 2.78. The summed E-state index contributed by atoms with van der Waals surface area (Å²) in [5, 5.41) is 9.66. The average molecular weight is 395 g/mol. The molecule has 2 N–H and O–H groups in total.